The zero-order valence-electron chi connectivity index (χ0n) is 12.3. The highest BCUT2D eigenvalue weighted by atomic mass is 32.1. The van der Waals surface area contributed by atoms with Crippen LogP contribution in [0.3, 0.4) is 0 Å². The Morgan fingerprint density at radius 1 is 1.30 bits per heavy atom. The Labute approximate surface area is 136 Å². The van der Waals surface area contributed by atoms with E-state index in [0.717, 1.165) is 25.0 Å². The van der Waals surface area contributed by atoms with Gasteiger partial charge in [-0.25, -0.2) is 4.98 Å². The molecule has 7 heteroatoms. The van der Waals surface area contributed by atoms with E-state index in [1.165, 1.54) is 11.3 Å². The van der Waals surface area contributed by atoms with Crippen molar-refractivity contribution in [1.29, 1.82) is 0 Å². The molecule has 1 aromatic heterocycles. The van der Waals surface area contributed by atoms with Crippen LogP contribution in [-0.4, -0.2) is 23.4 Å². The summed E-state index contributed by atoms with van der Waals surface area (Å²) in [5, 5.41) is 6.21. The maximum Gasteiger partial charge on any atom is 0.262 e. The number of nitrogens with zero attached hydrogens (tertiary/aromatic N) is 1. The maximum absolute atomic E-state index is 12.4. The quantitative estimate of drug-likeness (QED) is 0.887. The maximum atomic E-state index is 12.4. The first-order chi connectivity index (χ1) is 11.2. The van der Waals surface area contributed by atoms with E-state index >= 15 is 0 Å². The van der Waals surface area contributed by atoms with E-state index in [2.05, 4.69) is 15.6 Å². The van der Waals surface area contributed by atoms with Crippen molar-refractivity contribution >= 4 is 34.0 Å². The third kappa shape index (κ3) is 2.79. The molecule has 0 bridgehead atoms. The number of hydrogen-bond acceptors (Lipinski definition) is 5. The summed E-state index contributed by atoms with van der Waals surface area (Å²) in [4.78, 5) is 29.4. The number of rotatable bonds is 2. The van der Waals surface area contributed by atoms with Crippen molar-refractivity contribution in [3.63, 3.8) is 0 Å². The van der Waals surface area contributed by atoms with Crippen molar-refractivity contribution in [2.75, 3.05) is 17.2 Å². The molecule has 0 fully saturated rings. The SMILES string of the molecule is O=C1COc2cc(C(=O)Nc3nc4c(s3)CCCC4)ccc2N1. The predicted octanol–water partition coefficient (Wildman–Crippen LogP) is 2.61. The van der Waals surface area contributed by atoms with Crippen molar-refractivity contribution in [1.82, 2.24) is 4.98 Å². The molecule has 0 unspecified atom stereocenters. The van der Waals surface area contributed by atoms with Crippen molar-refractivity contribution in [3.05, 3.63) is 34.3 Å². The number of carbonyl (C=O) groups is 2. The Hall–Kier alpha value is -2.41. The summed E-state index contributed by atoms with van der Waals surface area (Å²) in [5.41, 5.74) is 2.18. The van der Waals surface area contributed by atoms with E-state index in [1.807, 2.05) is 0 Å². The van der Waals surface area contributed by atoms with Crippen molar-refractivity contribution in [2.45, 2.75) is 25.7 Å². The number of aryl methyl sites for hydroxylation is 2. The van der Waals surface area contributed by atoms with Crippen molar-refractivity contribution in [2.24, 2.45) is 0 Å². The molecule has 0 atom stereocenters. The summed E-state index contributed by atoms with van der Waals surface area (Å²) in [6.45, 7) is -0.0305. The molecule has 0 radical (unpaired) electrons. The number of benzene rings is 1. The average molecular weight is 329 g/mol. The van der Waals surface area contributed by atoms with Gasteiger partial charge in [-0.15, -0.1) is 11.3 Å². The number of ether oxygens (including phenoxy) is 1. The lowest BCUT2D eigenvalue weighted by atomic mass is 10.0. The van der Waals surface area contributed by atoms with Gasteiger partial charge in [-0.3, -0.25) is 14.9 Å². The molecular formula is C16H15N3O3S. The zero-order valence-corrected chi connectivity index (χ0v) is 13.2. The standard InChI is InChI=1S/C16H15N3O3S/c20-14-8-22-12-7-9(5-6-10(12)17-14)15(21)19-16-18-11-3-1-2-4-13(11)23-16/h5-7H,1-4,8H2,(H,17,20)(H,18,19,21). The van der Waals surface area contributed by atoms with E-state index < -0.39 is 0 Å². The zero-order chi connectivity index (χ0) is 15.8. The van der Waals surface area contributed by atoms with Crippen LogP contribution >= 0.6 is 11.3 Å². The molecule has 2 N–H and O–H groups in total. The summed E-state index contributed by atoms with van der Waals surface area (Å²) in [6.07, 6.45) is 4.40. The number of nitrogens with one attached hydrogen (secondary N) is 2. The number of thiazole rings is 1. The van der Waals surface area contributed by atoms with Gasteiger partial charge in [0.15, 0.2) is 11.7 Å². The van der Waals surface area contributed by atoms with Crippen LogP contribution in [0.4, 0.5) is 10.8 Å². The van der Waals surface area contributed by atoms with Gasteiger partial charge in [0, 0.05) is 10.4 Å². The largest absolute Gasteiger partial charge is 0.482 e. The van der Waals surface area contributed by atoms with E-state index in [4.69, 9.17) is 4.74 Å². The van der Waals surface area contributed by atoms with Crippen LogP contribution in [0.1, 0.15) is 33.8 Å². The van der Waals surface area contributed by atoms with Gasteiger partial charge in [-0.2, -0.15) is 0 Å². The first-order valence-corrected chi connectivity index (χ1v) is 8.37. The van der Waals surface area contributed by atoms with E-state index in [9.17, 15) is 9.59 Å². The van der Waals surface area contributed by atoms with Crippen LogP contribution in [0.15, 0.2) is 18.2 Å². The molecule has 2 aliphatic rings. The molecule has 0 spiro atoms. The normalized spacial score (nSPS) is 15.9. The molecule has 1 aliphatic heterocycles. The molecule has 6 nitrogen and oxygen atoms in total. The molecule has 23 heavy (non-hydrogen) atoms. The van der Waals surface area contributed by atoms with Crippen LogP contribution in [0.5, 0.6) is 5.75 Å². The average Bonchev–Trinajstić information content (AvgIpc) is 2.96. The minimum atomic E-state index is -0.223. The minimum absolute atomic E-state index is 0.0305. The molecule has 4 rings (SSSR count). The smallest absolute Gasteiger partial charge is 0.262 e. The fourth-order valence-corrected chi connectivity index (χ4v) is 3.84. The molecule has 0 saturated heterocycles. The lowest BCUT2D eigenvalue weighted by molar-refractivity contribution is -0.118. The van der Waals surface area contributed by atoms with Gasteiger partial charge >= 0.3 is 0 Å². The molecule has 1 aromatic carbocycles. The van der Waals surface area contributed by atoms with E-state index in [-0.39, 0.29) is 18.4 Å². The Morgan fingerprint density at radius 3 is 3.04 bits per heavy atom. The number of aromatic nitrogens is 1. The van der Waals surface area contributed by atoms with Gasteiger partial charge < -0.3 is 10.1 Å². The van der Waals surface area contributed by atoms with Crippen LogP contribution < -0.4 is 15.4 Å². The van der Waals surface area contributed by atoms with Crippen molar-refractivity contribution in [3.8, 4) is 5.75 Å². The third-order valence-corrected chi connectivity index (χ3v) is 5.02. The van der Waals surface area contributed by atoms with Crippen LogP contribution in [0.25, 0.3) is 0 Å². The Kier molecular flexibility index (Phi) is 3.49. The van der Waals surface area contributed by atoms with Gasteiger partial charge in [0.05, 0.1) is 11.4 Å². The fourth-order valence-electron chi connectivity index (χ4n) is 2.79. The predicted molar refractivity (Wildman–Crippen MR) is 87.3 cm³/mol. The number of hydrogen-bond donors (Lipinski definition) is 2. The minimum Gasteiger partial charge on any atom is -0.482 e. The van der Waals surface area contributed by atoms with E-state index in [0.29, 0.717) is 22.1 Å². The van der Waals surface area contributed by atoms with Gasteiger partial charge in [0.25, 0.3) is 11.8 Å². The summed E-state index contributed by atoms with van der Waals surface area (Å²) in [6, 6.07) is 4.97. The van der Waals surface area contributed by atoms with Gasteiger partial charge in [-0.1, -0.05) is 0 Å². The Bertz CT molecular complexity index is 776. The second kappa shape index (κ2) is 5.66. The summed E-state index contributed by atoms with van der Waals surface area (Å²) < 4.78 is 5.34. The summed E-state index contributed by atoms with van der Waals surface area (Å²) in [7, 11) is 0. The van der Waals surface area contributed by atoms with Gasteiger partial charge in [0.1, 0.15) is 5.75 Å². The Balaban J connectivity index is 1.53. The highest BCUT2D eigenvalue weighted by molar-refractivity contribution is 7.15. The second-order valence-electron chi connectivity index (χ2n) is 5.60. The number of amides is 2. The lowest BCUT2D eigenvalue weighted by Gasteiger charge is -2.18. The number of carbonyl (C=O) groups excluding carboxylic acids is 2. The molecule has 118 valence electrons. The first kappa shape index (κ1) is 14.2. The van der Waals surface area contributed by atoms with Crippen LogP contribution in [0, 0.1) is 0 Å². The summed E-state index contributed by atoms with van der Waals surface area (Å²) >= 11 is 1.56. The second-order valence-corrected chi connectivity index (χ2v) is 6.68. The summed E-state index contributed by atoms with van der Waals surface area (Å²) in [5.74, 6) is 0.0955. The third-order valence-electron chi connectivity index (χ3n) is 3.94. The highest BCUT2D eigenvalue weighted by Crippen LogP contribution is 2.31. The van der Waals surface area contributed by atoms with Crippen LogP contribution in [-0.2, 0) is 17.6 Å². The number of fused-ring (bicyclic) bond motifs is 2. The molecule has 2 aromatic rings. The monoisotopic (exact) mass is 329 g/mol. The Morgan fingerprint density at radius 2 is 2.17 bits per heavy atom. The molecular weight excluding hydrogens is 314 g/mol. The number of anilines is 2. The highest BCUT2D eigenvalue weighted by Gasteiger charge is 2.20. The van der Waals surface area contributed by atoms with Gasteiger partial charge in [-0.05, 0) is 43.9 Å². The lowest BCUT2D eigenvalue weighted by Crippen LogP contribution is -2.25. The molecule has 2 amide bonds. The van der Waals surface area contributed by atoms with E-state index in [1.54, 1.807) is 29.5 Å². The fraction of sp³-hybridized carbons (Fsp3) is 0.312. The first-order valence-electron chi connectivity index (χ1n) is 7.56. The molecule has 1 aliphatic carbocycles. The molecule has 0 saturated carbocycles. The topological polar surface area (TPSA) is 80.3 Å². The van der Waals surface area contributed by atoms with Crippen molar-refractivity contribution < 1.29 is 14.3 Å². The van der Waals surface area contributed by atoms with Gasteiger partial charge in [0.2, 0.25) is 0 Å². The van der Waals surface area contributed by atoms with Crippen LogP contribution in [0.2, 0.25) is 0 Å². The molecule has 2 heterocycles.